The van der Waals surface area contributed by atoms with E-state index in [0.29, 0.717) is 0 Å². The molecule has 18 heavy (non-hydrogen) atoms. The van der Waals surface area contributed by atoms with E-state index in [-0.39, 0.29) is 5.60 Å². The van der Waals surface area contributed by atoms with Crippen molar-refractivity contribution < 1.29 is 4.74 Å². The minimum absolute atomic E-state index is 0.166. The lowest BCUT2D eigenvalue weighted by Gasteiger charge is -2.37. The third kappa shape index (κ3) is 6.19. The number of ether oxygens (including phenoxy) is 1. The molecule has 1 saturated carbocycles. The van der Waals surface area contributed by atoms with Gasteiger partial charge in [-0.1, -0.05) is 58.8 Å². The van der Waals surface area contributed by atoms with Crippen LogP contribution in [0.2, 0.25) is 0 Å². The number of hydrogen-bond donors (Lipinski definition) is 1. The molecule has 0 spiro atoms. The Morgan fingerprint density at radius 2 is 1.67 bits per heavy atom. The van der Waals surface area contributed by atoms with Crippen molar-refractivity contribution in [2.75, 3.05) is 19.7 Å². The van der Waals surface area contributed by atoms with E-state index in [1.54, 1.807) is 0 Å². The van der Waals surface area contributed by atoms with E-state index in [4.69, 9.17) is 4.74 Å². The van der Waals surface area contributed by atoms with Crippen LogP contribution in [0.5, 0.6) is 0 Å². The summed E-state index contributed by atoms with van der Waals surface area (Å²) in [6.45, 7) is 7.53. The van der Waals surface area contributed by atoms with E-state index in [9.17, 15) is 0 Å². The third-order valence-electron chi connectivity index (χ3n) is 4.12. The van der Waals surface area contributed by atoms with Crippen molar-refractivity contribution in [2.45, 2.75) is 83.7 Å². The lowest BCUT2D eigenvalue weighted by molar-refractivity contribution is -0.0693. The van der Waals surface area contributed by atoms with Crippen LogP contribution in [0.3, 0.4) is 0 Å². The number of likely N-dealkylation sites (N-methyl/N-ethyl adjacent to an activating group) is 1. The van der Waals surface area contributed by atoms with Crippen LogP contribution in [0.15, 0.2) is 0 Å². The summed E-state index contributed by atoms with van der Waals surface area (Å²) >= 11 is 0. The van der Waals surface area contributed by atoms with Crippen molar-refractivity contribution >= 4 is 0 Å². The fourth-order valence-corrected chi connectivity index (χ4v) is 2.92. The molecular weight excluding hydrogens is 222 g/mol. The van der Waals surface area contributed by atoms with Gasteiger partial charge >= 0.3 is 0 Å². The van der Waals surface area contributed by atoms with Crippen molar-refractivity contribution in [2.24, 2.45) is 0 Å². The smallest absolute Gasteiger partial charge is 0.0806 e. The predicted octanol–water partition coefficient (Wildman–Crippen LogP) is 4.29. The highest BCUT2D eigenvalue weighted by atomic mass is 16.5. The largest absolute Gasteiger partial charge is 0.374 e. The topological polar surface area (TPSA) is 21.3 Å². The molecule has 2 heteroatoms. The van der Waals surface area contributed by atoms with E-state index >= 15 is 0 Å². The van der Waals surface area contributed by atoms with Crippen LogP contribution in [-0.4, -0.2) is 25.3 Å². The van der Waals surface area contributed by atoms with Crippen molar-refractivity contribution in [3.05, 3.63) is 0 Å². The van der Waals surface area contributed by atoms with Crippen molar-refractivity contribution in [3.63, 3.8) is 0 Å². The van der Waals surface area contributed by atoms with Gasteiger partial charge in [0.25, 0.3) is 0 Å². The molecule has 0 bridgehead atoms. The SMILES string of the molecule is CCCCCCCOC1(CNCC)CCCCC1. The lowest BCUT2D eigenvalue weighted by atomic mass is 9.84. The van der Waals surface area contributed by atoms with Gasteiger partial charge in [0.2, 0.25) is 0 Å². The van der Waals surface area contributed by atoms with Crippen molar-refractivity contribution in [3.8, 4) is 0 Å². The van der Waals surface area contributed by atoms with Gasteiger partial charge in [-0.2, -0.15) is 0 Å². The molecule has 1 rings (SSSR count). The van der Waals surface area contributed by atoms with Crippen LogP contribution < -0.4 is 5.32 Å². The highest BCUT2D eigenvalue weighted by Gasteiger charge is 2.32. The standard InChI is InChI=1S/C16H33NO/c1-3-5-6-7-11-14-18-16(15-17-4-2)12-9-8-10-13-16/h17H,3-15H2,1-2H3. The summed E-state index contributed by atoms with van der Waals surface area (Å²) in [6.07, 6.45) is 13.3. The first kappa shape index (κ1) is 16.0. The Bertz CT molecular complexity index is 188. The molecule has 0 aromatic heterocycles. The van der Waals surface area contributed by atoms with E-state index in [0.717, 1.165) is 19.7 Å². The summed E-state index contributed by atoms with van der Waals surface area (Å²) in [7, 11) is 0. The minimum Gasteiger partial charge on any atom is -0.374 e. The number of rotatable bonds is 10. The maximum Gasteiger partial charge on any atom is 0.0806 e. The lowest BCUT2D eigenvalue weighted by Crippen LogP contribution is -2.45. The Balaban J connectivity index is 2.19. The molecule has 0 aromatic carbocycles. The molecule has 0 aromatic rings. The zero-order chi connectivity index (χ0) is 13.1. The average molecular weight is 255 g/mol. The fourth-order valence-electron chi connectivity index (χ4n) is 2.92. The molecular formula is C16H33NO. The van der Waals surface area contributed by atoms with Crippen LogP contribution in [0.25, 0.3) is 0 Å². The first-order chi connectivity index (χ1) is 8.83. The first-order valence-corrected chi connectivity index (χ1v) is 8.17. The molecule has 0 amide bonds. The molecule has 1 N–H and O–H groups in total. The van der Waals surface area contributed by atoms with E-state index < -0.39 is 0 Å². The Kier molecular flexibility index (Phi) is 8.70. The van der Waals surface area contributed by atoms with Crippen LogP contribution in [-0.2, 0) is 4.74 Å². The molecule has 0 saturated heterocycles. The molecule has 0 heterocycles. The normalized spacial score (nSPS) is 19.0. The molecule has 1 aliphatic rings. The number of nitrogens with one attached hydrogen (secondary N) is 1. The van der Waals surface area contributed by atoms with E-state index in [2.05, 4.69) is 19.2 Å². The second-order valence-corrected chi connectivity index (χ2v) is 5.79. The summed E-state index contributed by atoms with van der Waals surface area (Å²) in [6, 6.07) is 0. The summed E-state index contributed by atoms with van der Waals surface area (Å²) in [5.74, 6) is 0. The molecule has 0 radical (unpaired) electrons. The molecule has 2 nitrogen and oxygen atoms in total. The van der Waals surface area contributed by atoms with Gasteiger partial charge in [-0.3, -0.25) is 0 Å². The predicted molar refractivity (Wildman–Crippen MR) is 79.1 cm³/mol. The van der Waals surface area contributed by atoms with Gasteiger partial charge in [0.1, 0.15) is 0 Å². The second kappa shape index (κ2) is 9.80. The Hall–Kier alpha value is -0.0800. The van der Waals surface area contributed by atoms with Crippen molar-refractivity contribution in [1.82, 2.24) is 5.32 Å². The maximum absolute atomic E-state index is 6.29. The third-order valence-corrected chi connectivity index (χ3v) is 4.12. The molecule has 1 aliphatic carbocycles. The van der Waals surface area contributed by atoms with Crippen LogP contribution in [0.4, 0.5) is 0 Å². The zero-order valence-electron chi connectivity index (χ0n) is 12.6. The first-order valence-electron chi connectivity index (χ1n) is 8.17. The van der Waals surface area contributed by atoms with Crippen LogP contribution in [0, 0.1) is 0 Å². The van der Waals surface area contributed by atoms with Crippen LogP contribution in [0.1, 0.15) is 78.1 Å². The second-order valence-electron chi connectivity index (χ2n) is 5.79. The van der Waals surface area contributed by atoms with Gasteiger partial charge in [0.05, 0.1) is 5.60 Å². The van der Waals surface area contributed by atoms with Gasteiger partial charge in [-0.05, 0) is 25.8 Å². The summed E-state index contributed by atoms with van der Waals surface area (Å²) in [5.41, 5.74) is 0.166. The quantitative estimate of drug-likeness (QED) is 0.588. The van der Waals surface area contributed by atoms with E-state index in [1.165, 1.54) is 64.2 Å². The Morgan fingerprint density at radius 3 is 2.33 bits per heavy atom. The summed E-state index contributed by atoms with van der Waals surface area (Å²) in [4.78, 5) is 0. The molecule has 0 aliphatic heterocycles. The monoisotopic (exact) mass is 255 g/mol. The molecule has 0 unspecified atom stereocenters. The number of hydrogen-bond acceptors (Lipinski definition) is 2. The zero-order valence-corrected chi connectivity index (χ0v) is 12.6. The van der Waals surface area contributed by atoms with Gasteiger partial charge in [-0.15, -0.1) is 0 Å². The van der Waals surface area contributed by atoms with Crippen LogP contribution >= 0.6 is 0 Å². The molecule has 108 valence electrons. The fraction of sp³-hybridized carbons (Fsp3) is 1.00. The van der Waals surface area contributed by atoms with Gasteiger partial charge in [-0.25, -0.2) is 0 Å². The van der Waals surface area contributed by atoms with E-state index in [1.807, 2.05) is 0 Å². The Morgan fingerprint density at radius 1 is 0.944 bits per heavy atom. The van der Waals surface area contributed by atoms with Gasteiger partial charge in [0, 0.05) is 13.2 Å². The summed E-state index contributed by atoms with van der Waals surface area (Å²) < 4.78 is 6.29. The highest BCUT2D eigenvalue weighted by Crippen LogP contribution is 2.31. The summed E-state index contributed by atoms with van der Waals surface area (Å²) in [5, 5.41) is 3.50. The Labute approximate surface area is 114 Å². The van der Waals surface area contributed by atoms with Crippen molar-refractivity contribution in [1.29, 1.82) is 0 Å². The van der Waals surface area contributed by atoms with Gasteiger partial charge in [0.15, 0.2) is 0 Å². The maximum atomic E-state index is 6.29. The molecule has 1 fully saturated rings. The average Bonchev–Trinajstić information content (AvgIpc) is 2.42. The molecule has 0 atom stereocenters. The highest BCUT2D eigenvalue weighted by molar-refractivity contribution is 4.86. The van der Waals surface area contributed by atoms with Gasteiger partial charge < -0.3 is 10.1 Å². The number of unbranched alkanes of at least 4 members (excludes halogenated alkanes) is 4. The minimum atomic E-state index is 0.166.